The van der Waals surface area contributed by atoms with Crippen molar-refractivity contribution >= 4 is 29.3 Å². The summed E-state index contributed by atoms with van der Waals surface area (Å²) in [5, 5.41) is 13.5. The maximum absolute atomic E-state index is 10.5. The molecule has 0 atom stereocenters. The lowest BCUT2D eigenvalue weighted by Crippen LogP contribution is -1.96. The molecule has 1 N–H and O–H groups in total. The van der Waals surface area contributed by atoms with Gasteiger partial charge in [-0.1, -0.05) is 34.3 Å². The van der Waals surface area contributed by atoms with Crippen LogP contribution in [0.15, 0.2) is 29.3 Å². The fourth-order valence-electron chi connectivity index (χ4n) is 1.39. The highest BCUT2D eigenvalue weighted by atomic mass is 32.2. The van der Waals surface area contributed by atoms with Crippen molar-refractivity contribution in [3.8, 4) is 10.4 Å². The predicted octanol–water partition coefficient (Wildman–Crippen LogP) is 3.08. The summed E-state index contributed by atoms with van der Waals surface area (Å²) in [6.45, 7) is 2.04. The highest BCUT2D eigenvalue weighted by molar-refractivity contribution is 7.99. The number of carboxylic acids is 1. The first kappa shape index (κ1) is 13.0. The van der Waals surface area contributed by atoms with Gasteiger partial charge in [-0.25, -0.2) is 0 Å². The minimum Gasteiger partial charge on any atom is -0.481 e. The van der Waals surface area contributed by atoms with Gasteiger partial charge in [0.25, 0.3) is 0 Å². The van der Waals surface area contributed by atoms with Gasteiger partial charge in [0.05, 0.1) is 11.3 Å². The Labute approximate surface area is 113 Å². The van der Waals surface area contributed by atoms with Crippen LogP contribution >= 0.6 is 23.3 Å². The Balaban J connectivity index is 2.12. The summed E-state index contributed by atoms with van der Waals surface area (Å²) in [5.41, 5.74) is 2.28. The summed E-state index contributed by atoms with van der Waals surface area (Å²) in [5.74, 6) is -0.276. The van der Waals surface area contributed by atoms with E-state index in [1.807, 2.05) is 31.2 Å². The fourth-order valence-corrected chi connectivity index (χ4v) is 3.12. The topological polar surface area (TPSA) is 63.1 Å². The number of benzene rings is 1. The summed E-state index contributed by atoms with van der Waals surface area (Å²) in [6.07, 6.45) is 0.134. The first-order chi connectivity index (χ1) is 8.66. The molecular weight excluding hydrogens is 268 g/mol. The van der Waals surface area contributed by atoms with Gasteiger partial charge < -0.3 is 5.11 Å². The van der Waals surface area contributed by atoms with Gasteiger partial charge in [0, 0.05) is 5.75 Å². The van der Waals surface area contributed by atoms with Crippen molar-refractivity contribution in [3.63, 3.8) is 0 Å². The molecule has 2 rings (SSSR count). The largest absolute Gasteiger partial charge is 0.481 e. The molecular formula is C12H12N2O2S2. The fraction of sp³-hybridized carbons (Fsp3) is 0.250. The van der Waals surface area contributed by atoms with Crippen molar-refractivity contribution < 1.29 is 9.90 Å². The zero-order valence-corrected chi connectivity index (χ0v) is 11.4. The van der Waals surface area contributed by atoms with Gasteiger partial charge >= 0.3 is 5.97 Å². The van der Waals surface area contributed by atoms with E-state index in [1.54, 1.807) is 0 Å². The second kappa shape index (κ2) is 5.97. The lowest BCUT2D eigenvalue weighted by Gasteiger charge is -2.01. The third kappa shape index (κ3) is 3.30. The van der Waals surface area contributed by atoms with Crippen LogP contribution in [0.2, 0.25) is 0 Å². The van der Waals surface area contributed by atoms with Crippen LogP contribution in [-0.4, -0.2) is 26.4 Å². The van der Waals surface area contributed by atoms with E-state index in [-0.39, 0.29) is 6.42 Å². The van der Waals surface area contributed by atoms with Crippen molar-refractivity contribution in [3.05, 3.63) is 29.8 Å². The van der Waals surface area contributed by atoms with Gasteiger partial charge in [-0.2, -0.15) is 0 Å². The lowest BCUT2D eigenvalue weighted by atomic mass is 10.1. The summed E-state index contributed by atoms with van der Waals surface area (Å²) in [7, 11) is 0. The van der Waals surface area contributed by atoms with Gasteiger partial charge in [0.15, 0.2) is 0 Å². The van der Waals surface area contributed by atoms with Crippen molar-refractivity contribution in [2.45, 2.75) is 18.4 Å². The lowest BCUT2D eigenvalue weighted by molar-refractivity contribution is -0.136. The van der Waals surface area contributed by atoms with E-state index in [0.29, 0.717) is 5.75 Å². The van der Waals surface area contributed by atoms with E-state index in [9.17, 15) is 4.79 Å². The molecule has 0 fully saturated rings. The molecule has 4 nitrogen and oxygen atoms in total. The third-order valence-corrected chi connectivity index (χ3v) is 4.20. The first-order valence-electron chi connectivity index (χ1n) is 5.41. The molecule has 1 aromatic heterocycles. The Morgan fingerprint density at radius 1 is 1.39 bits per heavy atom. The van der Waals surface area contributed by atoms with Crippen LogP contribution in [0, 0.1) is 6.92 Å². The van der Waals surface area contributed by atoms with Crippen LogP contribution in [0.25, 0.3) is 10.4 Å². The summed E-state index contributed by atoms with van der Waals surface area (Å²) < 4.78 is 3.94. The number of nitrogens with zero attached hydrogens (tertiary/aromatic N) is 2. The number of aromatic nitrogens is 2. The van der Waals surface area contributed by atoms with Crippen LogP contribution in [0.5, 0.6) is 0 Å². The van der Waals surface area contributed by atoms with Crippen molar-refractivity contribution in [1.29, 1.82) is 0 Å². The van der Waals surface area contributed by atoms with Crippen LogP contribution in [0.1, 0.15) is 12.0 Å². The maximum Gasteiger partial charge on any atom is 0.304 e. The number of rotatable bonds is 5. The van der Waals surface area contributed by atoms with Crippen LogP contribution < -0.4 is 0 Å². The Morgan fingerprint density at radius 2 is 2.11 bits per heavy atom. The van der Waals surface area contributed by atoms with Crippen molar-refractivity contribution in [1.82, 2.24) is 9.59 Å². The molecule has 0 saturated heterocycles. The van der Waals surface area contributed by atoms with Gasteiger partial charge in [-0.05, 0) is 24.0 Å². The van der Waals surface area contributed by atoms with Gasteiger partial charge in [-0.3, -0.25) is 4.79 Å². The molecule has 0 bridgehead atoms. The SMILES string of the molecule is Cc1ccc(-c2snnc2SCCC(=O)O)cc1. The van der Waals surface area contributed by atoms with Crippen LogP contribution in [-0.2, 0) is 4.79 Å². The number of aryl methyl sites for hydroxylation is 1. The van der Waals surface area contributed by atoms with Gasteiger partial charge in [0.1, 0.15) is 5.03 Å². The highest BCUT2D eigenvalue weighted by Gasteiger charge is 2.11. The number of hydrogen-bond acceptors (Lipinski definition) is 5. The van der Waals surface area contributed by atoms with Crippen LogP contribution in [0.3, 0.4) is 0 Å². The Bertz CT molecular complexity index is 537. The number of aliphatic carboxylic acids is 1. The molecule has 0 aliphatic carbocycles. The molecule has 0 aliphatic heterocycles. The van der Waals surface area contributed by atoms with E-state index in [0.717, 1.165) is 15.5 Å². The smallest absolute Gasteiger partial charge is 0.304 e. The molecule has 0 saturated carbocycles. The maximum atomic E-state index is 10.5. The average Bonchev–Trinajstić information content (AvgIpc) is 2.78. The minimum atomic E-state index is -0.789. The Kier molecular flexibility index (Phi) is 4.33. The molecule has 0 aliphatic rings. The number of thioether (sulfide) groups is 1. The van der Waals surface area contributed by atoms with E-state index in [4.69, 9.17) is 5.11 Å². The van der Waals surface area contributed by atoms with Gasteiger partial charge in [0.2, 0.25) is 0 Å². The zero-order chi connectivity index (χ0) is 13.0. The zero-order valence-electron chi connectivity index (χ0n) is 9.79. The van der Waals surface area contributed by atoms with E-state index < -0.39 is 5.97 Å². The average molecular weight is 280 g/mol. The molecule has 1 heterocycles. The predicted molar refractivity (Wildman–Crippen MR) is 73.1 cm³/mol. The highest BCUT2D eigenvalue weighted by Crippen LogP contribution is 2.32. The summed E-state index contributed by atoms with van der Waals surface area (Å²) in [6, 6.07) is 8.15. The Hall–Kier alpha value is -1.40. The second-order valence-corrected chi connectivity index (χ2v) is 5.60. The van der Waals surface area contributed by atoms with E-state index in [1.165, 1.54) is 28.9 Å². The summed E-state index contributed by atoms with van der Waals surface area (Å²) in [4.78, 5) is 11.5. The molecule has 2 aromatic rings. The van der Waals surface area contributed by atoms with Gasteiger partial charge in [-0.15, -0.1) is 16.9 Å². The molecule has 6 heteroatoms. The van der Waals surface area contributed by atoms with Crippen molar-refractivity contribution in [2.24, 2.45) is 0 Å². The van der Waals surface area contributed by atoms with E-state index in [2.05, 4.69) is 9.59 Å². The Morgan fingerprint density at radius 3 is 2.78 bits per heavy atom. The number of hydrogen-bond donors (Lipinski definition) is 1. The molecule has 18 heavy (non-hydrogen) atoms. The first-order valence-corrected chi connectivity index (χ1v) is 7.16. The third-order valence-electron chi connectivity index (χ3n) is 2.33. The molecule has 1 aromatic carbocycles. The van der Waals surface area contributed by atoms with E-state index >= 15 is 0 Å². The number of carboxylic acid groups (broad SMARTS) is 1. The monoisotopic (exact) mass is 280 g/mol. The molecule has 94 valence electrons. The molecule has 0 radical (unpaired) electrons. The summed E-state index contributed by atoms with van der Waals surface area (Å²) >= 11 is 2.78. The van der Waals surface area contributed by atoms with Crippen molar-refractivity contribution in [2.75, 3.05) is 5.75 Å². The quantitative estimate of drug-likeness (QED) is 0.853. The number of carbonyl (C=O) groups is 1. The standard InChI is InChI=1S/C12H12N2O2S2/c1-8-2-4-9(5-3-8)11-12(13-14-18-11)17-7-6-10(15)16/h2-5H,6-7H2,1H3,(H,15,16). The normalized spacial score (nSPS) is 10.5. The minimum absolute atomic E-state index is 0.134. The van der Waals surface area contributed by atoms with Crippen LogP contribution in [0.4, 0.5) is 0 Å². The molecule has 0 unspecified atom stereocenters. The molecule has 0 spiro atoms. The second-order valence-electron chi connectivity index (χ2n) is 3.77. The molecule has 0 amide bonds.